The van der Waals surface area contributed by atoms with Crippen LogP contribution in [0.3, 0.4) is 0 Å². The molecule has 0 saturated heterocycles. The van der Waals surface area contributed by atoms with E-state index >= 15 is 0 Å². The minimum Gasteiger partial charge on any atom is -0.384 e. The molecule has 2 heterocycles. The fourth-order valence-corrected chi connectivity index (χ4v) is 5.14. The zero-order valence-corrected chi connectivity index (χ0v) is 17.5. The van der Waals surface area contributed by atoms with Gasteiger partial charge in [0.2, 0.25) is 5.91 Å². The molecule has 1 amide bonds. The Morgan fingerprint density at radius 1 is 1.19 bits per heavy atom. The molecule has 2 aliphatic heterocycles. The van der Waals surface area contributed by atoms with Gasteiger partial charge >= 0.3 is 0 Å². The number of fused-ring (bicyclic) bond motifs is 3. The summed E-state index contributed by atoms with van der Waals surface area (Å²) >= 11 is 0. The standard InChI is InChI=1S/C25H21FN4O2/c1-2-14-6-9-16(10-7-14)30-20-4-3-5-21(31)22(20)25(18(13-27)23(30)28)17-12-15(26)8-11-19(17)29-24(25)32/h6-12H,2-5,28H2,1H3,(H,29,32)/t25-/m1/s1. The number of allylic oxidation sites excluding steroid dienone is 1. The van der Waals surface area contributed by atoms with Crippen LogP contribution in [0.2, 0.25) is 0 Å². The van der Waals surface area contributed by atoms with Crippen LogP contribution < -0.4 is 16.0 Å². The average Bonchev–Trinajstić information content (AvgIpc) is 3.06. The second-order valence-electron chi connectivity index (χ2n) is 8.22. The average molecular weight is 428 g/mol. The van der Waals surface area contributed by atoms with E-state index in [1.165, 1.54) is 18.2 Å². The van der Waals surface area contributed by atoms with E-state index in [1.54, 1.807) is 4.90 Å². The van der Waals surface area contributed by atoms with Crippen LogP contribution in [0.1, 0.15) is 37.3 Å². The molecule has 0 aromatic heterocycles. The number of ketones is 1. The highest BCUT2D eigenvalue weighted by Crippen LogP contribution is 2.55. The zero-order chi connectivity index (χ0) is 22.6. The first-order chi connectivity index (χ1) is 15.4. The molecule has 0 bridgehead atoms. The maximum atomic E-state index is 14.3. The van der Waals surface area contributed by atoms with Gasteiger partial charge in [-0.05, 0) is 55.2 Å². The van der Waals surface area contributed by atoms with E-state index < -0.39 is 17.1 Å². The van der Waals surface area contributed by atoms with Crippen molar-refractivity contribution in [3.05, 3.63) is 82.1 Å². The summed E-state index contributed by atoms with van der Waals surface area (Å²) in [7, 11) is 0. The van der Waals surface area contributed by atoms with Gasteiger partial charge in [-0.15, -0.1) is 0 Å². The maximum absolute atomic E-state index is 14.3. The molecule has 7 heteroatoms. The Morgan fingerprint density at radius 3 is 2.62 bits per heavy atom. The van der Waals surface area contributed by atoms with Crippen molar-refractivity contribution in [2.45, 2.75) is 38.0 Å². The first kappa shape index (κ1) is 20.0. The Bertz CT molecular complexity index is 1290. The molecule has 0 radical (unpaired) electrons. The van der Waals surface area contributed by atoms with E-state index in [4.69, 9.17) is 5.73 Å². The Hall–Kier alpha value is -3.92. The number of hydrogen-bond acceptors (Lipinski definition) is 5. The molecule has 0 fully saturated rings. The molecule has 1 spiro atoms. The number of nitrogens with two attached hydrogens (primary N) is 1. The number of aryl methyl sites for hydroxylation is 1. The maximum Gasteiger partial charge on any atom is 0.245 e. The molecule has 0 saturated carbocycles. The number of amides is 1. The quantitative estimate of drug-likeness (QED) is 0.758. The molecule has 32 heavy (non-hydrogen) atoms. The summed E-state index contributed by atoms with van der Waals surface area (Å²) in [6, 6.07) is 13.7. The van der Waals surface area contributed by atoms with Gasteiger partial charge in [0, 0.05) is 34.6 Å². The van der Waals surface area contributed by atoms with Gasteiger partial charge in [0.1, 0.15) is 23.1 Å². The lowest BCUT2D eigenvalue weighted by Gasteiger charge is -2.43. The summed E-state index contributed by atoms with van der Waals surface area (Å²) in [6.45, 7) is 2.05. The van der Waals surface area contributed by atoms with E-state index in [-0.39, 0.29) is 34.7 Å². The van der Waals surface area contributed by atoms with Crippen LogP contribution in [0.25, 0.3) is 0 Å². The Kier molecular flexibility index (Phi) is 4.41. The van der Waals surface area contributed by atoms with Gasteiger partial charge in [0.15, 0.2) is 5.78 Å². The van der Waals surface area contributed by atoms with Gasteiger partial charge in [0.25, 0.3) is 0 Å². The molecular formula is C25H21FN4O2. The minimum absolute atomic E-state index is 0.0621. The SMILES string of the molecule is CCc1ccc(N2C(N)=C(C#N)[C@@]3(C(=O)Nc4ccc(F)cc43)C3=C2CCCC3=O)cc1. The first-order valence-corrected chi connectivity index (χ1v) is 10.6. The number of nitriles is 1. The minimum atomic E-state index is -1.75. The van der Waals surface area contributed by atoms with E-state index in [1.807, 2.05) is 24.3 Å². The van der Waals surface area contributed by atoms with Gasteiger partial charge in [0.05, 0.1) is 5.57 Å². The van der Waals surface area contributed by atoms with Crippen molar-refractivity contribution in [3.8, 4) is 6.07 Å². The number of nitrogens with one attached hydrogen (secondary N) is 1. The molecule has 160 valence electrons. The van der Waals surface area contributed by atoms with Crippen molar-refractivity contribution >= 4 is 23.1 Å². The smallest absolute Gasteiger partial charge is 0.245 e. The normalized spacial score (nSPS) is 22.1. The van der Waals surface area contributed by atoms with Crippen molar-refractivity contribution in [3.63, 3.8) is 0 Å². The third kappa shape index (κ3) is 2.50. The van der Waals surface area contributed by atoms with Crippen molar-refractivity contribution in [1.29, 1.82) is 5.26 Å². The predicted octanol–water partition coefficient (Wildman–Crippen LogP) is 3.80. The zero-order valence-electron chi connectivity index (χ0n) is 17.5. The number of anilines is 2. The number of nitrogens with zero attached hydrogens (tertiary/aromatic N) is 2. The summed E-state index contributed by atoms with van der Waals surface area (Å²) in [4.78, 5) is 28.5. The fraction of sp³-hybridized carbons (Fsp3) is 0.240. The van der Waals surface area contributed by atoms with Gasteiger partial charge in [-0.1, -0.05) is 19.1 Å². The Labute approximate surface area is 184 Å². The van der Waals surface area contributed by atoms with Crippen LogP contribution >= 0.6 is 0 Å². The Balaban J connectivity index is 1.85. The van der Waals surface area contributed by atoms with Crippen LogP contribution in [0.15, 0.2) is 65.1 Å². The highest BCUT2D eigenvalue weighted by atomic mass is 19.1. The van der Waals surface area contributed by atoms with Crippen molar-refractivity contribution in [2.24, 2.45) is 5.73 Å². The third-order valence-electron chi connectivity index (χ3n) is 6.59. The second kappa shape index (κ2) is 7.06. The number of carbonyl (C=O) groups excluding carboxylic acids is 2. The molecule has 2 aromatic carbocycles. The molecule has 1 aliphatic carbocycles. The summed E-state index contributed by atoms with van der Waals surface area (Å²) in [5, 5.41) is 12.9. The van der Waals surface area contributed by atoms with Crippen LogP contribution in [-0.4, -0.2) is 11.7 Å². The largest absolute Gasteiger partial charge is 0.384 e. The van der Waals surface area contributed by atoms with Crippen molar-refractivity contribution < 1.29 is 14.0 Å². The van der Waals surface area contributed by atoms with Crippen LogP contribution in [0.4, 0.5) is 15.8 Å². The summed E-state index contributed by atoms with van der Waals surface area (Å²) in [5.41, 5.74) is 8.05. The van der Waals surface area contributed by atoms with Crippen molar-refractivity contribution in [1.82, 2.24) is 0 Å². The molecular weight excluding hydrogens is 407 g/mol. The number of hydrogen-bond donors (Lipinski definition) is 2. The fourth-order valence-electron chi connectivity index (χ4n) is 5.14. The van der Waals surface area contributed by atoms with Gasteiger partial charge in [-0.25, -0.2) is 4.39 Å². The van der Waals surface area contributed by atoms with Gasteiger partial charge < -0.3 is 11.1 Å². The highest BCUT2D eigenvalue weighted by molar-refractivity contribution is 6.19. The van der Waals surface area contributed by atoms with E-state index in [0.717, 1.165) is 12.0 Å². The van der Waals surface area contributed by atoms with Crippen LogP contribution in [0.5, 0.6) is 0 Å². The molecule has 5 rings (SSSR count). The number of rotatable bonds is 2. The lowest BCUT2D eigenvalue weighted by atomic mass is 9.64. The first-order valence-electron chi connectivity index (χ1n) is 10.6. The number of Topliss-reactive ketones (excluding diaryl/α,β-unsaturated/α-hetero) is 1. The topological polar surface area (TPSA) is 99.2 Å². The monoisotopic (exact) mass is 428 g/mol. The van der Waals surface area contributed by atoms with E-state index in [9.17, 15) is 19.2 Å². The lowest BCUT2D eigenvalue weighted by Crippen LogP contribution is -2.50. The van der Waals surface area contributed by atoms with Gasteiger partial charge in [-0.3, -0.25) is 14.5 Å². The number of benzene rings is 2. The molecule has 0 unspecified atom stereocenters. The highest BCUT2D eigenvalue weighted by Gasteiger charge is 2.60. The molecule has 3 N–H and O–H groups in total. The molecule has 3 aliphatic rings. The molecule has 2 aromatic rings. The van der Waals surface area contributed by atoms with Crippen molar-refractivity contribution in [2.75, 3.05) is 10.2 Å². The molecule has 1 atom stereocenters. The number of carbonyl (C=O) groups is 2. The Morgan fingerprint density at radius 2 is 1.94 bits per heavy atom. The predicted molar refractivity (Wildman–Crippen MR) is 118 cm³/mol. The molecule has 6 nitrogen and oxygen atoms in total. The van der Waals surface area contributed by atoms with Crippen LogP contribution in [-0.2, 0) is 21.4 Å². The summed E-state index contributed by atoms with van der Waals surface area (Å²) < 4.78 is 14.3. The summed E-state index contributed by atoms with van der Waals surface area (Å²) in [5.74, 6) is -1.26. The van der Waals surface area contributed by atoms with E-state index in [0.29, 0.717) is 29.9 Å². The summed E-state index contributed by atoms with van der Waals surface area (Å²) in [6.07, 6.45) is 2.23. The third-order valence-corrected chi connectivity index (χ3v) is 6.59. The number of halogens is 1. The van der Waals surface area contributed by atoms with Gasteiger partial charge in [-0.2, -0.15) is 5.26 Å². The van der Waals surface area contributed by atoms with Crippen LogP contribution in [0, 0.1) is 17.1 Å². The lowest BCUT2D eigenvalue weighted by molar-refractivity contribution is -0.122. The second-order valence-corrected chi connectivity index (χ2v) is 8.22. The van der Waals surface area contributed by atoms with E-state index in [2.05, 4.69) is 18.3 Å².